The Labute approximate surface area is 161 Å². The minimum absolute atomic E-state index is 0.0122. The minimum Gasteiger partial charge on any atom is -0.335 e. The lowest BCUT2D eigenvalue weighted by Crippen LogP contribution is -2.36. The first-order valence-corrected chi connectivity index (χ1v) is 10.4. The average molecular weight is 414 g/mol. The van der Waals surface area contributed by atoms with Gasteiger partial charge in [0.2, 0.25) is 9.84 Å². The number of carbonyl (C=O) groups is 1. The van der Waals surface area contributed by atoms with E-state index in [0.717, 1.165) is 30.5 Å². The highest BCUT2D eigenvalue weighted by Gasteiger charge is 2.31. The molecular weight excluding hydrogens is 396 g/mol. The van der Waals surface area contributed by atoms with Crippen LogP contribution in [0, 0.1) is 0 Å². The van der Waals surface area contributed by atoms with Gasteiger partial charge in [0.05, 0.1) is 4.90 Å². The Morgan fingerprint density at radius 2 is 1.81 bits per heavy atom. The third-order valence-electron chi connectivity index (χ3n) is 4.72. The number of hydrogen-bond acceptors (Lipinski definition) is 3. The normalized spacial score (nSPS) is 17.5. The minimum atomic E-state index is -4.67. The number of hydrogen-bond donors (Lipinski definition) is 0. The molecule has 8 heteroatoms. The quantitative estimate of drug-likeness (QED) is 0.738. The summed E-state index contributed by atoms with van der Waals surface area (Å²) in [5.74, 6) is -3.73. The molecule has 0 N–H and O–H groups in total. The molecule has 1 aliphatic rings. The monoisotopic (exact) mass is 413 g/mol. The number of amides is 1. The van der Waals surface area contributed by atoms with E-state index in [2.05, 4.69) is 0 Å². The van der Waals surface area contributed by atoms with Crippen LogP contribution in [0.2, 0.25) is 5.02 Å². The smallest absolute Gasteiger partial charge is 0.335 e. The lowest BCUT2D eigenvalue weighted by molar-refractivity contribution is 0.0736. The summed E-state index contributed by atoms with van der Waals surface area (Å²) in [4.78, 5) is 14.1. The summed E-state index contributed by atoms with van der Waals surface area (Å²) >= 11 is 6.21. The summed E-state index contributed by atoms with van der Waals surface area (Å²) in [7, 11) is -4.67. The summed E-state index contributed by atoms with van der Waals surface area (Å²) in [6, 6.07) is 12.1. The Balaban J connectivity index is 1.77. The summed E-state index contributed by atoms with van der Waals surface area (Å²) < 4.78 is 48.2. The van der Waals surface area contributed by atoms with Crippen molar-refractivity contribution in [2.75, 3.05) is 6.54 Å². The number of sulfone groups is 1. The highest BCUT2D eigenvalue weighted by Crippen LogP contribution is 2.27. The van der Waals surface area contributed by atoms with Gasteiger partial charge >= 0.3 is 5.76 Å². The molecule has 2 aromatic carbocycles. The maximum absolute atomic E-state index is 12.8. The van der Waals surface area contributed by atoms with Gasteiger partial charge in [-0.1, -0.05) is 29.8 Å². The van der Waals surface area contributed by atoms with Crippen LogP contribution in [0.3, 0.4) is 0 Å². The van der Waals surface area contributed by atoms with Crippen molar-refractivity contribution in [2.45, 2.75) is 36.0 Å². The van der Waals surface area contributed by atoms with Gasteiger partial charge in [-0.3, -0.25) is 4.79 Å². The number of rotatable bonds is 5. The summed E-state index contributed by atoms with van der Waals surface area (Å²) in [6.45, 7) is 0.588. The molecule has 0 bridgehead atoms. The fourth-order valence-corrected chi connectivity index (χ4v) is 4.22. The molecule has 144 valence electrons. The molecule has 1 amide bonds. The number of nitrogens with zero attached hydrogens (tertiary/aromatic N) is 1. The fraction of sp³-hybridized carbons (Fsp3) is 0.316. The van der Waals surface area contributed by atoms with Gasteiger partial charge in [-0.25, -0.2) is 8.42 Å². The van der Waals surface area contributed by atoms with Gasteiger partial charge in [0.1, 0.15) is 0 Å². The van der Waals surface area contributed by atoms with Crippen LogP contribution in [0.1, 0.15) is 28.8 Å². The van der Waals surface area contributed by atoms with E-state index in [4.69, 9.17) is 11.6 Å². The van der Waals surface area contributed by atoms with Crippen LogP contribution in [0.15, 0.2) is 53.4 Å². The number of halogens is 3. The van der Waals surface area contributed by atoms with Crippen molar-refractivity contribution >= 4 is 27.3 Å². The van der Waals surface area contributed by atoms with Gasteiger partial charge in [0, 0.05) is 23.2 Å². The molecule has 3 rings (SSSR count). The number of carbonyl (C=O) groups excluding carboxylic acids is 1. The molecule has 4 nitrogen and oxygen atoms in total. The lowest BCUT2D eigenvalue weighted by atomic mass is 10.0. The maximum atomic E-state index is 12.8. The molecule has 1 heterocycles. The van der Waals surface area contributed by atoms with Gasteiger partial charge < -0.3 is 4.90 Å². The third-order valence-corrected chi connectivity index (χ3v) is 6.48. The first kappa shape index (κ1) is 19.8. The molecule has 1 unspecified atom stereocenters. The molecule has 0 radical (unpaired) electrons. The molecule has 2 aromatic rings. The van der Waals surface area contributed by atoms with E-state index in [9.17, 15) is 22.0 Å². The van der Waals surface area contributed by atoms with Crippen molar-refractivity contribution in [3.63, 3.8) is 0 Å². The van der Waals surface area contributed by atoms with E-state index >= 15 is 0 Å². The predicted molar refractivity (Wildman–Crippen MR) is 98.8 cm³/mol. The molecule has 0 spiro atoms. The Kier molecular flexibility index (Phi) is 5.81. The van der Waals surface area contributed by atoms with Crippen molar-refractivity contribution in [2.24, 2.45) is 0 Å². The van der Waals surface area contributed by atoms with E-state index in [1.807, 2.05) is 18.2 Å². The molecule has 1 saturated heterocycles. The Morgan fingerprint density at radius 3 is 2.44 bits per heavy atom. The van der Waals surface area contributed by atoms with Crippen LogP contribution in [-0.2, 0) is 16.3 Å². The van der Waals surface area contributed by atoms with E-state index in [0.29, 0.717) is 18.0 Å². The molecule has 1 fully saturated rings. The second-order valence-corrected chi connectivity index (χ2v) is 8.75. The van der Waals surface area contributed by atoms with Crippen molar-refractivity contribution in [1.82, 2.24) is 4.90 Å². The number of benzene rings is 2. The van der Waals surface area contributed by atoms with E-state index in [1.165, 1.54) is 12.1 Å². The van der Waals surface area contributed by atoms with Crippen LogP contribution in [0.5, 0.6) is 0 Å². The van der Waals surface area contributed by atoms with Gasteiger partial charge in [-0.2, -0.15) is 8.78 Å². The highest BCUT2D eigenvalue weighted by molar-refractivity contribution is 7.91. The summed E-state index contributed by atoms with van der Waals surface area (Å²) in [5, 5.41) is 0.651. The average Bonchev–Trinajstić information content (AvgIpc) is 3.11. The largest absolute Gasteiger partial charge is 0.341 e. The number of alkyl halides is 2. The first-order chi connectivity index (χ1) is 12.8. The standard InChI is InChI=1S/C19H18ClF2NO3S/c20-17-6-2-1-4-14(17)12-15-5-3-11-23(15)18(24)13-7-9-16(10-8-13)27(25,26)19(21)22/h1-2,4,6-10,15,19H,3,5,11-12H2. The SMILES string of the molecule is O=C(c1ccc(S(=O)(=O)C(F)F)cc1)N1CCCC1Cc1ccccc1Cl. The van der Waals surface area contributed by atoms with Crippen LogP contribution in [0.25, 0.3) is 0 Å². The Bertz CT molecular complexity index is 932. The second-order valence-electron chi connectivity index (χ2n) is 6.42. The predicted octanol–water partition coefficient (Wildman–Crippen LogP) is 4.18. The van der Waals surface area contributed by atoms with Crippen molar-refractivity contribution in [3.8, 4) is 0 Å². The van der Waals surface area contributed by atoms with E-state index in [-0.39, 0.29) is 17.5 Å². The van der Waals surface area contributed by atoms with Crippen molar-refractivity contribution in [1.29, 1.82) is 0 Å². The Morgan fingerprint density at radius 1 is 1.15 bits per heavy atom. The highest BCUT2D eigenvalue weighted by atomic mass is 35.5. The van der Waals surface area contributed by atoms with Gasteiger partial charge in [-0.15, -0.1) is 0 Å². The van der Waals surface area contributed by atoms with Gasteiger partial charge in [0.25, 0.3) is 5.91 Å². The van der Waals surface area contributed by atoms with E-state index in [1.54, 1.807) is 11.0 Å². The zero-order chi connectivity index (χ0) is 19.6. The van der Waals surface area contributed by atoms with Crippen molar-refractivity contribution in [3.05, 3.63) is 64.7 Å². The Hall–Kier alpha value is -1.99. The topological polar surface area (TPSA) is 54.5 Å². The molecule has 0 saturated carbocycles. The maximum Gasteiger partial charge on any atom is 0.341 e. The first-order valence-electron chi connectivity index (χ1n) is 8.47. The third kappa shape index (κ3) is 4.14. The van der Waals surface area contributed by atoms with Crippen molar-refractivity contribution < 1.29 is 22.0 Å². The zero-order valence-corrected chi connectivity index (χ0v) is 15.9. The molecule has 1 atom stereocenters. The molecule has 0 aromatic heterocycles. The molecule has 0 aliphatic carbocycles. The van der Waals surface area contributed by atoms with Crippen LogP contribution >= 0.6 is 11.6 Å². The van der Waals surface area contributed by atoms with Crippen LogP contribution < -0.4 is 0 Å². The van der Waals surface area contributed by atoms with Gasteiger partial charge in [0.15, 0.2) is 0 Å². The molecule has 27 heavy (non-hydrogen) atoms. The van der Waals surface area contributed by atoms with Crippen LogP contribution in [-0.4, -0.2) is 37.6 Å². The number of likely N-dealkylation sites (tertiary alicyclic amines) is 1. The molecule has 1 aliphatic heterocycles. The fourth-order valence-electron chi connectivity index (χ4n) is 3.29. The molecular formula is C19H18ClF2NO3S. The summed E-state index contributed by atoms with van der Waals surface area (Å²) in [5.41, 5.74) is 1.23. The zero-order valence-electron chi connectivity index (χ0n) is 14.3. The summed E-state index contributed by atoms with van der Waals surface area (Å²) in [6.07, 6.45) is 2.33. The lowest BCUT2D eigenvalue weighted by Gasteiger charge is -2.25. The van der Waals surface area contributed by atoms with Gasteiger partial charge in [-0.05, 0) is 55.2 Å². The van der Waals surface area contributed by atoms with E-state index < -0.39 is 20.5 Å². The van der Waals surface area contributed by atoms with Crippen LogP contribution in [0.4, 0.5) is 8.78 Å². The second kappa shape index (κ2) is 7.94.